The van der Waals surface area contributed by atoms with Crippen molar-refractivity contribution in [3.8, 4) is 17.3 Å². The molecule has 0 aliphatic carbocycles. The fourth-order valence-electron chi connectivity index (χ4n) is 4.81. The lowest BCUT2D eigenvalue weighted by atomic mass is 9.82. The second-order valence-corrected chi connectivity index (χ2v) is 8.87. The summed E-state index contributed by atoms with van der Waals surface area (Å²) in [5.41, 5.74) is 10.8. The molecule has 1 aliphatic rings. The van der Waals surface area contributed by atoms with Gasteiger partial charge in [0.15, 0.2) is 11.3 Å². The van der Waals surface area contributed by atoms with Gasteiger partial charge in [-0.05, 0) is 30.5 Å². The van der Waals surface area contributed by atoms with Crippen molar-refractivity contribution in [2.45, 2.75) is 18.4 Å². The fourth-order valence-corrected chi connectivity index (χ4v) is 4.81. The van der Waals surface area contributed by atoms with Gasteiger partial charge in [-0.25, -0.2) is 4.98 Å². The first-order valence-electron chi connectivity index (χ1n) is 11.2. The van der Waals surface area contributed by atoms with Crippen LogP contribution in [0.3, 0.4) is 0 Å². The summed E-state index contributed by atoms with van der Waals surface area (Å²) in [6.07, 6.45) is 3.51. The Morgan fingerprint density at radius 3 is 2.65 bits per heavy atom. The Balaban J connectivity index is 1.33. The number of aromatic amines is 1. The molecular formula is C25H23N9. The van der Waals surface area contributed by atoms with E-state index in [0.29, 0.717) is 41.5 Å². The average Bonchev–Trinajstić information content (AvgIpc) is 3.46. The molecule has 3 N–H and O–H groups in total. The molecule has 34 heavy (non-hydrogen) atoms. The Morgan fingerprint density at radius 1 is 1.09 bits per heavy atom. The molecule has 2 aromatic carbocycles. The predicted molar refractivity (Wildman–Crippen MR) is 130 cm³/mol. The van der Waals surface area contributed by atoms with Gasteiger partial charge in [-0.3, -0.25) is 9.78 Å². The van der Waals surface area contributed by atoms with Crippen molar-refractivity contribution >= 4 is 27.9 Å². The van der Waals surface area contributed by atoms with Crippen LogP contribution in [0.4, 0.5) is 5.95 Å². The lowest BCUT2D eigenvalue weighted by Gasteiger charge is -2.39. The minimum absolute atomic E-state index is 0.308. The van der Waals surface area contributed by atoms with Crippen LogP contribution >= 0.6 is 0 Å². The molecule has 0 bridgehead atoms. The first kappa shape index (κ1) is 20.3. The van der Waals surface area contributed by atoms with Gasteiger partial charge in [0.2, 0.25) is 5.95 Å². The number of nitrogens with two attached hydrogens (primary N) is 1. The standard InChI is InChI=1S/C25H23N9/c1-33-15-17-13-16(7-8-19(17)32-33)22-21-20(14-26)28-24(29-23(21)31-30-22)34-11-9-25(27,10-12-34)18-5-3-2-4-6-18/h2-8,13,15H,9-12,27H2,1H3,(H,28,29,30,31). The van der Waals surface area contributed by atoms with E-state index in [1.54, 1.807) is 4.68 Å². The minimum atomic E-state index is -0.369. The SMILES string of the molecule is Cn1cc2cc(-c3n[nH]c4nc(N5CCC(N)(c6ccccc6)CC5)nc(C#N)c34)ccc2n1. The molecular weight excluding hydrogens is 426 g/mol. The van der Waals surface area contributed by atoms with Crippen LogP contribution in [0.2, 0.25) is 0 Å². The summed E-state index contributed by atoms with van der Waals surface area (Å²) >= 11 is 0. The second kappa shape index (κ2) is 7.64. The van der Waals surface area contributed by atoms with Crippen LogP contribution in [0.5, 0.6) is 0 Å². The van der Waals surface area contributed by atoms with Crippen LogP contribution in [0.1, 0.15) is 24.1 Å². The highest BCUT2D eigenvalue weighted by molar-refractivity contribution is 5.96. The van der Waals surface area contributed by atoms with Crippen LogP contribution in [0.15, 0.2) is 54.7 Å². The lowest BCUT2D eigenvalue weighted by Crippen LogP contribution is -2.48. The predicted octanol–water partition coefficient (Wildman–Crippen LogP) is 3.23. The summed E-state index contributed by atoms with van der Waals surface area (Å²) in [5.74, 6) is 0.525. The zero-order chi connectivity index (χ0) is 23.3. The van der Waals surface area contributed by atoms with Gasteiger partial charge in [-0.1, -0.05) is 36.4 Å². The monoisotopic (exact) mass is 449 g/mol. The highest BCUT2D eigenvalue weighted by Crippen LogP contribution is 2.34. The molecule has 9 nitrogen and oxygen atoms in total. The lowest BCUT2D eigenvalue weighted by molar-refractivity contribution is 0.340. The molecule has 1 saturated heterocycles. The zero-order valence-corrected chi connectivity index (χ0v) is 18.7. The molecule has 1 aliphatic heterocycles. The van der Waals surface area contributed by atoms with Gasteiger partial charge in [0.25, 0.3) is 0 Å². The number of nitrogens with one attached hydrogen (secondary N) is 1. The van der Waals surface area contributed by atoms with E-state index in [1.165, 1.54) is 0 Å². The van der Waals surface area contributed by atoms with E-state index in [0.717, 1.165) is 34.9 Å². The first-order valence-corrected chi connectivity index (χ1v) is 11.2. The molecule has 0 spiro atoms. The van der Waals surface area contributed by atoms with Crippen molar-refractivity contribution in [2.24, 2.45) is 12.8 Å². The second-order valence-electron chi connectivity index (χ2n) is 8.87. The first-order chi connectivity index (χ1) is 16.5. The van der Waals surface area contributed by atoms with E-state index in [-0.39, 0.29) is 5.54 Å². The zero-order valence-electron chi connectivity index (χ0n) is 18.7. The van der Waals surface area contributed by atoms with E-state index in [4.69, 9.17) is 10.7 Å². The third-order valence-corrected chi connectivity index (χ3v) is 6.69. The smallest absolute Gasteiger partial charge is 0.228 e. The number of anilines is 1. The number of rotatable bonds is 3. The van der Waals surface area contributed by atoms with Crippen molar-refractivity contribution in [2.75, 3.05) is 18.0 Å². The topological polar surface area (TPSA) is 125 Å². The van der Waals surface area contributed by atoms with Crippen molar-refractivity contribution in [1.82, 2.24) is 29.9 Å². The van der Waals surface area contributed by atoms with Gasteiger partial charge in [-0.2, -0.15) is 20.4 Å². The normalized spacial score (nSPS) is 15.6. The summed E-state index contributed by atoms with van der Waals surface area (Å²) in [4.78, 5) is 11.4. The molecule has 6 rings (SSSR count). The van der Waals surface area contributed by atoms with Crippen LogP contribution in [0, 0.1) is 11.3 Å². The molecule has 0 unspecified atom stereocenters. The Bertz CT molecular complexity index is 1550. The molecule has 0 atom stereocenters. The number of nitrogens with zero attached hydrogens (tertiary/aromatic N) is 7. The highest BCUT2D eigenvalue weighted by Gasteiger charge is 2.33. The van der Waals surface area contributed by atoms with Gasteiger partial charge in [0, 0.05) is 42.8 Å². The van der Waals surface area contributed by atoms with Crippen molar-refractivity contribution in [3.63, 3.8) is 0 Å². The van der Waals surface area contributed by atoms with Crippen LogP contribution in [-0.2, 0) is 12.6 Å². The van der Waals surface area contributed by atoms with Crippen LogP contribution in [-0.4, -0.2) is 43.0 Å². The Hall–Kier alpha value is -4.29. The van der Waals surface area contributed by atoms with E-state index in [1.807, 2.05) is 49.6 Å². The van der Waals surface area contributed by atoms with Crippen molar-refractivity contribution < 1.29 is 0 Å². The third-order valence-electron chi connectivity index (χ3n) is 6.69. The fraction of sp³-hybridized carbons (Fsp3) is 0.240. The van der Waals surface area contributed by atoms with Crippen LogP contribution in [0.25, 0.3) is 33.2 Å². The van der Waals surface area contributed by atoms with Gasteiger partial charge < -0.3 is 10.6 Å². The molecule has 9 heteroatoms. The number of H-pyrrole nitrogens is 1. The van der Waals surface area contributed by atoms with E-state index in [9.17, 15) is 5.26 Å². The summed E-state index contributed by atoms with van der Waals surface area (Å²) in [7, 11) is 1.89. The molecule has 5 aromatic rings. The molecule has 0 radical (unpaired) electrons. The number of piperidine rings is 1. The molecule has 0 amide bonds. The number of benzene rings is 2. The largest absolute Gasteiger partial charge is 0.341 e. The summed E-state index contributed by atoms with van der Waals surface area (Å²) in [5, 5.41) is 23.5. The number of aromatic nitrogens is 6. The van der Waals surface area contributed by atoms with Gasteiger partial charge >= 0.3 is 0 Å². The van der Waals surface area contributed by atoms with Gasteiger partial charge in [0.1, 0.15) is 11.8 Å². The molecule has 1 fully saturated rings. The number of hydrogen-bond acceptors (Lipinski definition) is 7. The van der Waals surface area contributed by atoms with Crippen molar-refractivity contribution in [3.05, 3.63) is 66.0 Å². The molecule has 0 saturated carbocycles. The maximum Gasteiger partial charge on any atom is 0.228 e. The summed E-state index contributed by atoms with van der Waals surface area (Å²) in [6, 6.07) is 18.4. The van der Waals surface area contributed by atoms with E-state index < -0.39 is 0 Å². The number of aryl methyl sites for hydroxylation is 1. The number of hydrogen-bond donors (Lipinski definition) is 2. The number of nitriles is 1. The maximum atomic E-state index is 9.92. The van der Waals surface area contributed by atoms with Crippen molar-refractivity contribution in [1.29, 1.82) is 5.26 Å². The number of fused-ring (bicyclic) bond motifs is 2. The molecule has 3 aromatic heterocycles. The van der Waals surface area contributed by atoms with E-state index >= 15 is 0 Å². The Kier molecular flexibility index (Phi) is 4.57. The van der Waals surface area contributed by atoms with Gasteiger partial charge in [-0.15, -0.1) is 0 Å². The van der Waals surface area contributed by atoms with Crippen LogP contribution < -0.4 is 10.6 Å². The van der Waals surface area contributed by atoms with Gasteiger partial charge in [0.05, 0.1) is 10.9 Å². The summed E-state index contributed by atoms with van der Waals surface area (Å²) < 4.78 is 1.78. The highest BCUT2D eigenvalue weighted by atomic mass is 15.3. The Morgan fingerprint density at radius 2 is 1.88 bits per heavy atom. The Labute approximate surface area is 195 Å². The average molecular weight is 450 g/mol. The third kappa shape index (κ3) is 3.27. The quantitative estimate of drug-likeness (QED) is 0.433. The van der Waals surface area contributed by atoms with E-state index in [2.05, 4.69) is 43.4 Å². The summed E-state index contributed by atoms with van der Waals surface area (Å²) in [6.45, 7) is 1.42. The minimum Gasteiger partial charge on any atom is -0.341 e. The maximum absolute atomic E-state index is 9.92. The molecule has 168 valence electrons. The molecule has 4 heterocycles.